The third-order valence-corrected chi connectivity index (χ3v) is 4.25. The second-order valence-electron chi connectivity index (χ2n) is 3.50. The van der Waals surface area contributed by atoms with Crippen LogP contribution in [-0.4, -0.2) is 14.7 Å². The number of hydrogen-bond donors (Lipinski definition) is 1. The highest BCUT2D eigenvalue weighted by molar-refractivity contribution is 7.90. The van der Waals surface area contributed by atoms with E-state index in [4.69, 9.17) is 5.73 Å². The first-order valence-electron chi connectivity index (χ1n) is 4.62. The van der Waals surface area contributed by atoms with Crippen LogP contribution in [0.1, 0.15) is 0 Å². The van der Waals surface area contributed by atoms with E-state index >= 15 is 0 Å². The van der Waals surface area contributed by atoms with Gasteiger partial charge in [-0.25, -0.2) is 8.42 Å². The lowest BCUT2D eigenvalue weighted by atomic mass is 10.2. The van der Waals surface area contributed by atoms with E-state index in [0.29, 0.717) is 4.90 Å². The molecular formula is C11H11NO2S2. The lowest BCUT2D eigenvalue weighted by Gasteiger charge is -2.01. The molecule has 0 saturated heterocycles. The van der Waals surface area contributed by atoms with Crippen molar-refractivity contribution in [3.05, 3.63) is 36.4 Å². The Labute approximate surface area is 98.5 Å². The number of thiophene rings is 1. The van der Waals surface area contributed by atoms with Gasteiger partial charge < -0.3 is 5.73 Å². The van der Waals surface area contributed by atoms with Crippen molar-refractivity contribution in [3.63, 3.8) is 0 Å². The molecule has 3 nitrogen and oxygen atoms in total. The van der Waals surface area contributed by atoms with Crippen LogP contribution in [0.25, 0.3) is 10.4 Å². The lowest BCUT2D eigenvalue weighted by molar-refractivity contribution is 0.602. The number of sulfone groups is 1. The molecule has 84 valence electrons. The summed E-state index contributed by atoms with van der Waals surface area (Å²) in [7, 11) is -3.15. The van der Waals surface area contributed by atoms with Crippen molar-refractivity contribution in [2.45, 2.75) is 4.90 Å². The fraction of sp³-hybridized carbons (Fsp3) is 0.0909. The van der Waals surface area contributed by atoms with Crippen molar-refractivity contribution in [3.8, 4) is 10.4 Å². The van der Waals surface area contributed by atoms with Crippen molar-refractivity contribution in [1.82, 2.24) is 0 Å². The first-order valence-corrected chi connectivity index (χ1v) is 7.33. The van der Waals surface area contributed by atoms with Crippen molar-refractivity contribution >= 4 is 26.2 Å². The highest BCUT2D eigenvalue weighted by atomic mass is 32.2. The number of benzene rings is 1. The van der Waals surface area contributed by atoms with E-state index in [0.717, 1.165) is 15.4 Å². The molecule has 2 aromatic rings. The standard InChI is InChI=1S/C11H11NO2S2/c1-16(13,14)9-4-2-3-8(7-9)10-5-6-11(12)15-10/h2-7H,12H2,1H3. The van der Waals surface area contributed by atoms with Gasteiger partial charge in [-0.3, -0.25) is 0 Å². The number of rotatable bonds is 2. The molecule has 1 aromatic carbocycles. The smallest absolute Gasteiger partial charge is 0.175 e. The molecule has 16 heavy (non-hydrogen) atoms. The Morgan fingerprint density at radius 1 is 1.19 bits per heavy atom. The molecule has 0 bridgehead atoms. The van der Waals surface area contributed by atoms with Crippen LogP contribution >= 0.6 is 11.3 Å². The van der Waals surface area contributed by atoms with Gasteiger partial charge in [0.05, 0.1) is 9.90 Å². The molecule has 0 atom stereocenters. The molecule has 0 radical (unpaired) electrons. The van der Waals surface area contributed by atoms with Gasteiger partial charge in [-0.1, -0.05) is 12.1 Å². The average molecular weight is 253 g/mol. The summed E-state index contributed by atoms with van der Waals surface area (Å²) in [6.07, 6.45) is 1.20. The Morgan fingerprint density at radius 2 is 1.94 bits per heavy atom. The maximum Gasteiger partial charge on any atom is 0.175 e. The Kier molecular flexibility index (Phi) is 2.73. The van der Waals surface area contributed by atoms with Gasteiger partial charge in [-0.2, -0.15) is 0 Å². The number of nitrogens with two attached hydrogens (primary N) is 1. The normalized spacial score (nSPS) is 11.6. The summed E-state index contributed by atoms with van der Waals surface area (Å²) in [4.78, 5) is 1.31. The van der Waals surface area contributed by atoms with Crippen molar-refractivity contribution < 1.29 is 8.42 Å². The summed E-state index contributed by atoms with van der Waals surface area (Å²) < 4.78 is 22.8. The van der Waals surface area contributed by atoms with Crippen LogP contribution in [0.15, 0.2) is 41.3 Å². The molecule has 0 amide bonds. The topological polar surface area (TPSA) is 60.2 Å². The summed E-state index contributed by atoms with van der Waals surface area (Å²) in [6, 6.07) is 10.6. The van der Waals surface area contributed by atoms with E-state index in [1.807, 2.05) is 18.2 Å². The SMILES string of the molecule is CS(=O)(=O)c1cccc(-c2ccc(N)s2)c1. The lowest BCUT2D eigenvalue weighted by Crippen LogP contribution is -1.96. The van der Waals surface area contributed by atoms with E-state index in [1.165, 1.54) is 17.6 Å². The molecule has 0 saturated carbocycles. The van der Waals surface area contributed by atoms with E-state index in [2.05, 4.69) is 0 Å². The fourth-order valence-electron chi connectivity index (χ4n) is 1.39. The highest BCUT2D eigenvalue weighted by Crippen LogP contribution is 2.30. The zero-order valence-corrected chi connectivity index (χ0v) is 10.3. The van der Waals surface area contributed by atoms with Crippen LogP contribution in [-0.2, 0) is 9.84 Å². The third-order valence-electron chi connectivity index (χ3n) is 2.17. The summed E-state index contributed by atoms with van der Waals surface area (Å²) in [6.45, 7) is 0. The van der Waals surface area contributed by atoms with E-state index in [1.54, 1.807) is 18.2 Å². The third kappa shape index (κ3) is 2.25. The molecule has 2 rings (SSSR count). The minimum atomic E-state index is -3.15. The van der Waals surface area contributed by atoms with Crippen molar-refractivity contribution in [1.29, 1.82) is 0 Å². The zero-order valence-electron chi connectivity index (χ0n) is 8.67. The second kappa shape index (κ2) is 3.92. The Morgan fingerprint density at radius 3 is 2.50 bits per heavy atom. The Balaban J connectivity index is 2.52. The van der Waals surface area contributed by atoms with Gasteiger partial charge in [0, 0.05) is 11.1 Å². The van der Waals surface area contributed by atoms with Gasteiger partial charge in [0.2, 0.25) is 0 Å². The minimum Gasteiger partial charge on any atom is -0.391 e. The molecule has 0 spiro atoms. The van der Waals surface area contributed by atoms with Crippen LogP contribution in [0.5, 0.6) is 0 Å². The molecule has 5 heteroatoms. The second-order valence-corrected chi connectivity index (χ2v) is 6.63. The van der Waals surface area contributed by atoms with E-state index in [-0.39, 0.29) is 0 Å². The summed E-state index contributed by atoms with van der Waals surface area (Å²) in [5.41, 5.74) is 6.52. The quantitative estimate of drug-likeness (QED) is 0.894. The van der Waals surface area contributed by atoms with Gasteiger partial charge in [0.15, 0.2) is 9.84 Å². The maximum absolute atomic E-state index is 11.4. The molecule has 0 aliphatic carbocycles. The predicted octanol–water partition coefficient (Wildman–Crippen LogP) is 2.40. The van der Waals surface area contributed by atoms with Crippen LogP contribution in [0.2, 0.25) is 0 Å². The molecular weight excluding hydrogens is 242 g/mol. The van der Waals surface area contributed by atoms with Gasteiger partial charge in [-0.05, 0) is 29.8 Å². The monoisotopic (exact) mass is 253 g/mol. The predicted molar refractivity (Wildman–Crippen MR) is 67.3 cm³/mol. The molecule has 1 aromatic heterocycles. The maximum atomic E-state index is 11.4. The van der Waals surface area contributed by atoms with Crippen LogP contribution in [0.3, 0.4) is 0 Å². The highest BCUT2D eigenvalue weighted by Gasteiger charge is 2.08. The molecule has 0 aliphatic rings. The number of anilines is 1. The van der Waals surface area contributed by atoms with Gasteiger partial charge in [0.1, 0.15) is 0 Å². The molecule has 0 aliphatic heterocycles. The number of hydrogen-bond acceptors (Lipinski definition) is 4. The number of nitrogen functional groups attached to an aromatic ring is 1. The van der Waals surface area contributed by atoms with Crippen molar-refractivity contribution in [2.75, 3.05) is 12.0 Å². The molecule has 1 heterocycles. The Hall–Kier alpha value is -1.33. The van der Waals surface area contributed by atoms with Crippen LogP contribution in [0.4, 0.5) is 5.00 Å². The van der Waals surface area contributed by atoms with Gasteiger partial charge in [0.25, 0.3) is 0 Å². The molecule has 0 fully saturated rings. The summed E-state index contributed by atoms with van der Waals surface area (Å²) in [5.74, 6) is 0. The largest absolute Gasteiger partial charge is 0.391 e. The van der Waals surface area contributed by atoms with Gasteiger partial charge in [-0.15, -0.1) is 11.3 Å². The van der Waals surface area contributed by atoms with Crippen LogP contribution < -0.4 is 5.73 Å². The van der Waals surface area contributed by atoms with Gasteiger partial charge >= 0.3 is 0 Å². The Bertz CT molecular complexity index is 614. The van der Waals surface area contributed by atoms with E-state index < -0.39 is 9.84 Å². The fourth-order valence-corrected chi connectivity index (χ4v) is 2.83. The van der Waals surface area contributed by atoms with Crippen LogP contribution in [0, 0.1) is 0 Å². The molecule has 0 unspecified atom stereocenters. The zero-order chi connectivity index (χ0) is 11.8. The average Bonchev–Trinajstić information content (AvgIpc) is 2.64. The van der Waals surface area contributed by atoms with E-state index in [9.17, 15) is 8.42 Å². The first kappa shape index (κ1) is 11.2. The van der Waals surface area contributed by atoms with Crippen molar-refractivity contribution in [2.24, 2.45) is 0 Å². The minimum absolute atomic E-state index is 0.331. The molecule has 2 N–H and O–H groups in total. The summed E-state index contributed by atoms with van der Waals surface area (Å²) in [5, 5.41) is 0.722. The summed E-state index contributed by atoms with van der Waals surface area (Å²) >= 11 is 1.44. The first-order chi connectivity index (χ1) is 7.47.